The Morgan fingerprint density at radius 2 is 1.33 bits per heavy atom. The van der Waals surface area contributed by atoms with Crippen molar-refractivity contribution >= 4 is 0 Å². The maximum absolute atomic E-state index is 10.8. The fraction of sp³-hybridized carbons (Fsp3) is 0.929. The highest BCUT2D eigenvalue weighted by atomic mass is 16.6. The molecule has 0 radical (unpaired) electrons. The molecular formula is C14H24N2O2. The van der Waals surface area contributed by atoms with E-state index < -0.39 is 5.41 Å². The second kappa shape index (κ2) is 8.07. The molecule has 0 aromatic carbocycles. The van der Waals surface area contributed by atoms with Gasteiger partial charge in [0.05, 0.1) is 6.07 Å². The Kier molecular flexibility index (Phi) is 6.70. The Balaban J connectivity index is 2.58. The molecule has 0 aromatic rings. The SMILES string of the molecule is N#CC1(C[N+](=O)[O-])CCCCCCCCCCC1. The Morgan fingerprint density at radius 1 is 0.944 bits per heavy atom. The van der Waals surface area contributed by atoms with E-state index in [2.05, 4.69) is 6.07 Å². The third kappa shape index (κ3) is 5.48. The van der Waals surface area contributed by atoms with Crippen LogP contribution in [0.3, 0.4) is 0 Å². The molecule has 1 aliphatic rings. The zero-order valence-electron chi connectivity index (χ0n) is 11.2. The van der Waals surface area contributed by atoms with E-state index in [9.17, 15) is 15.4 Å². The van der Waals surface area contributed by atoms with Crippen LogP contribution >= 0.6 is 0 Å². The maximum Gasteiger partial charge on any atom is 0.222 e. The number of rotatable bonds is 2. The van der Waals surface area contributed by atoms with E-state index in [1.54, 1.807) is 0 Å². The third-order valence-corrected chi connectivity index (χ3v) is 3.98. The van der Waals surface area contributed by atoms with Gasteiger partial charge in [-0.3, -0.25) is 10.1 Å². The van der Waals surface area contributed by atoms with Crippen LogP contribution in [0.25, 0.3) is 0 Å². The highest BCUT2D eigenvalue weighted by Gasteiger charge is 2.34. The Morgan fingerprint density at radius 3 is 1.67 bits per heavy atom. The van der Waals surface area contributed by atoms with E-state index in [4.69, 9.17) is 0 Å². The van der Waals surface area contributed by atoms with Crippen LogP contribution in [0.15, 0.2) is 0 Å². The van der Waals surface area contributed by atoms with Crippen molar-refractivity contribution in [3.63, 3.8) is 0 Å². The van der Waals surface area contributed by atoms with Crippen LogP contribution in [-0.4, -0.2) is 11.5 Å². The predicted octanol–water partition coefficient (Wildman–Crippen LogP) is 4.08. The van der Waals surface area contributed by atoms with Gasteiger partial charge in [0.15, 0.2) is 0 Å². The fourth-order valence-electron chi connectivity index (χ4n) is 2.84. The molecule has 1 rings (SSSR count). The summed E-state index contributed by atoms with van der Waals surface area (Å²) in [6.07, 6.45) is 11.8. The smallest absolute Gasteiger partial charge is 0.222 e. The molecule has 0 saturated heterocycles. The molecule has 0 unspecified atom stereocenters. The summed E-state index contributed by atoms with van der Waals surface area (Å²) >= 11 is 0. The standard InChI is InChI=1S/C14H24N2O2/c15-12-14(13-16(17)18)10-8-6-4-2-1-3-5-7-9-11-14/h1-11,13H2. The molecule has 0 spiro atoms. The van der Waals surface area contributed by atoms with E-state index in [-0.39, 0.29) is 11.5 Å². The topological polar surface area (TPSA) is 66.9 Å². The normalized spacial score (nSPS) is 22.2. The molecule has 1 fully saturated rings. The van der Waals surface area contributed by atoms with E-state index >= 15 is 0 Å². The minimum Gasteiger partial charge on any atom is -0.264 e. The summed E-state index contributed by atoms with van der Waals surface area (Å²) in [5.74, 6) is 0. The monoisotopic (exact) mass is 252 g/mol. The van der Waals surface area contributed by atoms with Crippen LogP contribution < -0.4 is 0 Å². The number of hydrogen-bond donors (Lipinski definition) is 0. The molecule has 0 amide bonds. The molecule has 0 atom stereocenters. The van der Waals surface area contributed by atoms with Gasteiger partial charge in [-0.15, -0.1) is 0 Å². The van der Waals surface area contributed by atoms with Gasteiger partial charge in [-0.25, -0.2) is 0 Å². The first kappa shape index (κ1) is 14.9. The van der Waals surface area contributed by atoms with Crippen LogP contribution in [0.1, 0.15) is 70.6 Å². The zero-order chi connectivity index (χ0) is 13.3. The number of hydrogen-bond acceptors (Lipinski definition) is 3. The van der Waals surface area contributed by atoms with E-state index in [0.29, 0.717) is 12.8 Å². The molecule has 4 heteroatoms. The summed E-state index contributed by atoms with van der Waals surface area (Å²) in [5.41, 5.74) is -0.706. The van der Waals surface area contributed by atoms with Crippen molar-refractivity contribution in [2.45, 2.75) is 70.6 Å². The molecule has 0 N–H and O–H groups in total. The fourth-order valence-corrected chi connectivity index (χ4v) is 2.84. The quantitative estimate of drug-likeness (QED) is 0.549. The van der Waals surface area contributed by atoms with Gasteiger partial charge < -0.3 is 0 Å². The van der Waals surface area contributed by atoms with Crippen LogP contribution in [0.4, 0.5) is 0 Å². The second-order valence-electron chi connectivity index (χ2n) is 5.56. The lowest BCUT2D eigenvalue weighted by molar-refractivity contribution is -0.494. The van der Waals surface area contributed by atoms with Gasteiger partial charge in [0.2, 0.25) is 6.54 Å². The molecule has 0 aromatic heterocycles. The van der Waals surface area contributed by atoms with E-state index in [1.807, 2.05) is 0 Å². The summed E-state index contributed by atoms with van der Waals surface area (Å²) in [6, 6.07) is 2.26. The van der Waals surface area contributed by atoms with Crippen LogP contribution in [-0.2, 0) is 0 Å². The van der Waals surface area contributed by atoms with Crippen molar-refractivity contribution in [3.8, 4) is 6.07 Å². The second-order valence-corrected chi connectivity index (χ2v) is 5.56. The first-order chi connectivity index (χ1) is 8.68. The van der Waals surface area contributed by atoms with Crippen molar-refractivity contribution in [1.82, 2.24) is 0 Å². The lowest BCUT2D eigenvalue weighted by Crippen LogP contribution is -2.28. The first-order valence-corrected chi connectivity index (χ1v) is 7.22. The largest absolute Gasteiger partial charge is 0.264 e. The van der Waals surface area contributed by atoms with Gasteiger partial charge in [0.1, 0.15) is 5.41 Å². The summed E-state index contributed by atoms with van der Waals surface area (Å²) < 4.78 is 0. The van der Waals surface area contributed by atoms with Crippen molar-refractivity contribution in [3.05, 3.63) is 10.1 Å². The van der Waals surface area contributed by atoms with Crippen LogP contribution in [0.2, 0.25) is 0 Å². The summed E-state index contributed by atoms with van der Waals surface area (Å²) in [7, 11) is 0. The summed E-state index contributed by atoms with van der Waals surface area (Å²) in [4.78, 5) is 10.5. The predicted molar refractivity (Wildman–Crippen MR) is 70.7 cm³/mol. The van der Waals surface area contributed by atoms with E-state index in [0.717, 1.165) is 25.7 Å². The molecule has 102 valence electrons. The highest BCUT2D eigenvalue weighted by molar-refractivity contribution is 4.98. The zero-order valence-corrected chi connectivity index (χ0v) is 11.2. The van der Waals surface area contributed by atoms with Crippen molar-refractivity contribution in [1.29, 1.82) is 5.26 Å². The third-order valence-electron chi connectivity index (χ3n) is 3.98. The minimum atomic E-state index is -0.706. The van der Waals surface area contributed by atoms with Gasteiger partial charge in [0.25, 0.3) is 0 Å². The van der Waals surface area contributed by atoms with Gasteiger partial charge >= 0.3 is 0 Å². The first-order valence-electron chi connectivity index (χ1n) is 7.22. The van der Waals surface area contributed by atoms with Gasteiger partial charge in [-0.2, -0.15) is 5.26 Å². The Bertz CT molecular complexity index is 285. The van der Waals surface area contributed by atoms with Crippen LogP contribution in [0.5, 0.6) is 0 Å². The van der Waals surface area contributed by atoms with Crippen LogP contribution in [0, 0.1) is 26.9 Å². The summed E-state index contributed by atoms with van der Waals surface area (Å²) in [6.45, 7) is -0.177. The lowest BCUT2D eigenvalue weighted by Gasteiger charge is -2.22. The Hall–Kier alpha value is -1.11. The van der Waals surface area contributed by atoms with Crippen molar-refractivity contribution in [2.75, 3.05) is 6.54 Å². The lowest BCUT2D eigenvalue weighted by atomic mass is 9.79. The van der Waals surface area contributed by atoms with Gasteiger partial charge in [-0.1, -0.05) is 57.8 Å². The molecule has 4 nitrogen and oxygen atoms in total. The molecule has 1 saturated carbocycles. The number of nitro groups is 1. The summed E-state index contributed by atoms with van der Waals surface area (Å²) in [5, 5.41) is 20.1. The molecule has 0 aliphatic heterocycles. The van der Waals surface area contributed by atoms with Crippen molar-refractivity contribution < 1.29 is 4.92 Å². The average Bonchev–Trinajstić information content (AvgIpc) is 2.32. The minimum absolute atomic E-state index is 0.177. The van der Waals surface area contributed by atoms with E-state index in [1.165, 1.54) is 32.1 Å². The highest BCUT2D eigenvalue weighted by Crippen LogP contribution is 2.32. The van der Waals surface area contributed by atoms with Gasteiger partial charge in [0, 0.05) is 4.92 Å². The molecule has 0 heterocycles. The van der Waals surface area contributed by atoms with Gasteiger partial charge in [-0.05, 0) is 12.8 Å². The number of nitrogens with zero attached hydrogens (tertiary/aromatic N) is 2. The molecular weight excluding hydrogens is 228 g/mol. The average molecular weight is 252 g/mol. The number of nitriles is 1. The Labute approximate surface area is 110 Å². The van der Waals surface area contributed by atoms with Crippen molar-refractivity contribution in [2.24, 2.45) is 5.41 Å². The molecule has 18 heavy (non-hydrogen) atoms. The molecule has 0 bridgehead atoms. The maximum atomic E-state index is 10.8. The molecule has 1 aliphatic carbocycles.